The molecule has 0 radical (unpaired) electrons. The van der Waals surface area contributed by atoms with Crippen molar-refractivity contribution in [3.63, 3.8) is 0 Å². The summed E-state index contributed by atoms with van der Waals surface area (Å²) >= 11 is 0. The van der Waals surface area contributed by atoms with Gasteiger partial charge >= 0.3 is 0 Å². The first-order chi connectivity index (χ1) is 14.4. The van der Waals surface area contributed by atoms with Crippen molar-refractivity contribution in [3.8, 4) is 17.0 Å². The lowest BCUT2D eigenvalue weighted by molar-refractivity contribution is -0.117. The smallest absolute Gasteiger partial charge is 0.273 e. The summed E-state index contributed by atoms with van der Waals surface area (Å²) in [7, 11) is 3.44. The zero-order valence-electron chi connectivity index (χ0n) is 17.4. The summed E-state index contributed by atoms with van der Waals surface area (Å²) in [5, 5.41) is 14.3. The summed E-state index contributed by atoms with van der Waals surface area (Å²) in [6.07, 6.45) is 1.33. The zero-order chi connectivity index (χ0) is 21.4. The van der Waals surface area contributed by atoms with E-state index in [1.165, 1.54) is 0 Å². The summed E-state index contributed by atoms with van der Waals surface area (Å²) in [5.74, 6) is 0.323. The van der Waals surface area contributed by atoms with E-state index in [0.717, 1.165) is 23.4 Å². The van der Waals surface area contributed by atoms with E-state index < -0.39 is 0 Å². The quantitative estimate of drug-likeness (QED) is 0.675. The Bertz CT molecular complexity index is 1130. The number of aromatic amines is 1. The molecule has 1 aromatic carbocycles. The number of carbonyl (C=O) groups is 2. The van der Waals surface area contributed by atoms with Crippen LogP contribution in [0.4, 0.5) is 11.4 Å². The highest BCUT2D eigenvalue weighted by Crippen LogP contribution is 2.34. The number of aromatic nitrogens is 4. The number of hydrogen-bond donors (Lipinski definition) is 2. The van der Waals surface area contributed by atoms with Crippen LogP contribution >= 0.6 is 0 Å². The summed E-state index contributed by atoms with van der Waals surface area (Å²) < 4.78 is 7.19. The van der Waals surface area contributed by atoms with Crippen LogP contribution in [0.25, 0.3) is 11.3 Å². The van der Waals surface area contributed by atoms with Gasteiger partial charge in [0.25, 0.3) is 5.91 Å². The molecule has 1 aliphatic heterocycles. The van der Waals surface area contributed by atoms with Crippen molar-refractivity contribution in [3.05, 3.63) is 41.3 Å². The van der Waals surface area contributed by atoms with Crippen LogP contribution in [-0.2, 0) is 11.8 Å². The standard InChI is InChI=1S/C21H24N6O3/c1-12-20(13(2)26(3)25-12)15-11-16(24-23-15)21(29)22-14-7-8-18(30-4)17(10-14)27-9-5-6-19(27)28/h7-8,10-11H,5-6,9H2,1-4H3,(H,22,29)(H,23,24). The predicted octanol–water partition coefficient (Wildman–Crippen LogP) is 2.81. The van der Waals surface area contributed by atoms with Gasteiger partial charge in [-0.1, -0.05) is 0 Å². The molecular weight excluding hydrogens is 384 g/mol. The van der Waals surface area contributed by atoms with Gasteiger partial charge < -0.3 is 15.0 Å². The second-order valence-corrected chi connectivity index (χ2v) is 7.33. The van der Waals surface area contributed by atoms with E-state index in [1.54, 1.807) is 41.0 Å². The number of methoxy groups -OCH3 is 1. The van der Waals surface area contributed by atoms with E-state index in [0.29, 0.717) is 41.5 Å². The van der Waals surface area contributed by atoms with Crippen LogP contribution in [0.15, 0.2) is 24.3 Å². The largest absolute Gasteiger partial charge is 0.495 e. The van der Waals surface area contributed by atoms with Gasteiger partial charge in [0.1, 0.15) is 11.4 Å². The van der Waals surface area contributed by atoms with E-state index in [2.05, 4.69) is 20.6 Å². The van der Waals surface area contributed by atoms with Gasteiger partial charge in [0.15, 0.2) is 0 Å². The zero-order valence-corrected chi connectivity index (χ0v) is 17.4. The SMILES string of the molecule is COc1ccc(NC(=O)c2cc(-c3c(C)nn(C)c3C)n[nH]2)cc1N1CCCC1=O. The number of amides is 2. The molecule has 9 nitrogen and oxygen atoms in total. The van der Waals surface area contributed by atoms with E-state index in [1.807, 2.05) is 20.9 Å². The maximum atomic E-state index is 12.8. The lowest BCUT2D eigenvalue weighted by Crippen LogP contribution is -2.24. The van der Waals surface area contributed by atoms with Crippen molar-refractivity contribution in [1.82, 2.24) is 20.0 Å². The Morgan fingerprint density at radius 2 is 2.07 bits per heavy atom. The first-order valence-electron chi connectivity index (χ1n) is 9.74. The molecule has 2 N–H and O–H groups in total. The van der Waals surface area contributed by atoms with Crippen molar-refractivity contribution in [1.29, 1.82) is 0 Å². The Labute approximate surface area is 174 Å². The van der Waals surface area contributed by atoms with Crippen LogP contribution in [0, 0.1) is 13.8 Å². The number of hydrogen-bond acceptors (Lipinski definition) is 5. The minimum Gasteiger partial charge on any atom is -0.495 e. The Kier molecular flexibility index (Phi) is 5.03. The average molecular weight is 408 g/mol. The molecule has 1 saturated heterocycles. The topological polar surface area (TPSA) is 105 Å². The number of anilines is 2. The number of aryl methyl sites for hydroxylation is 2. The number of nitrogens with one attached hydrogen (secondary N) is 2. The van der Waals surface area contributed by atoms with E-state index >= 15 is 0 Å². The molecule has 0 bridgehead atoms. The third-order valence-corrected chi connectivity index (χ3v) is 5.39. The van der Waals surface area contributed by atoms with Gasteiger partial charge in [-0.3, -0.25) is 19.4 Å². The Morgan fingerprint density at radius 3 is 2.70 bits per heavy atom. The molecule has 0 atom stereocenters. The molecule has 0 saturated carbocycles. The minimum atomic E-state index is -0.322. The highest BCUT2D eigenvalue weighted by atomic mass is 16.5. The van der Waals surface area contributed by atoms with Gasteiger partial charge in [0.2, 0.25) is 5.91 Å². The maximum Gasteiger partial charge on any atom is 0.273 e. The molecule has 2 amide bonds. The van der Waals surface area contributed by atoms with Gasteiger partial charge in [-0.15, -0.1) is 0 Å². The van der Waals surface area contributed by atoms with Crippen LogP contribution in [-0.4, -0.2) is 45.4 Å². The molecule has 0 aliphatic carbocycles. The second kappa shape index (κ2) is 7.66. The van der Waals surface area contributed by atoms with Crippen molar-refractivity contribution < 1.29 is 14.3 Å². The molecule has 156 valence electrons. The monoisotopic (exact) mass is 408 g/mol. The molecular formula is C21H24N6O3. The fraction of sp³-hybridized carbons (Fsp3) is 0.333. The molecule has 9 heteroatoms. The maximum absolute atomic E-state index is 12.8. The Morgan fingerprint density at radius 1 is 1.27 bits per heavy atom. The third kappa shape index (κ3) is 3.42. The number of H-pyrrole nitrogens is 1. The first-order valence-corrected chi connectivity index (χ1v) is 9.74. The van der Waals surface area contributed by atoms with Crippen molar-refractivity contribution in [2.45, 2.75) is 26.7 Å². The second-order valence-electron chi connectivity index (χ2n) is 7.33. The summed E-state index contributed by atoms with van der Waals surface area (Å²) in [6, 6.07) is 6.96. The van der Waals surface area contributed by atoms with E-state index in [9.17, 15) is 9.59 Å². The number of benzene rings is 1. The molecule has 4 rings (SSSR count). The van der Waals surface area contributed by atoms with E-state index in [4.69, 9.17) is 4.74 Å². The lowest BCUT2D eigenvalue weighted by atomic mass is 10.1. The Balaban J connectivity index is 1.57. The average Bonchev–Trinajstić information content (AvgIpc) is 3.42. The van der Waals surface area contributed by atoms with Crippen molar-refractivity contribution in [2.75, 3.05) is 23.9 Å². The van der Waals surface area contributed by atoms with Crippen LogP contribution in [0.2, 0.25) is 0 Å². The van der Waals surface area contributed by atoms with Gasteiger partial charge in [0, 0.05) is 37.0 Å². The fourth-order valence-electron chi connectivity index (χ4n) is 3.79. The first kappa shape index (κ1) is 19.7. The molecule has 0 spiro atoms. The van der Waals surface area contributed by atoms with Gasteiger partial charge in [0.05, 0.1) is 24.2 Å². The molecule has 3 heterocycles. The lowest BCUT2D eigenvalue weighted by Gasteiger charge is -2.20. The van der Waals surface area contributed by atoms with Gasteiger partial charge in [-0.25, -0.2) is 0 Å². The Hall–Kier alpha value is -3.62. The highest BCUT2D eigenvalue weighted by Gasteiger charge is 2.25. The van der Waals surface area contributed by atoms with Gasteiger partial charge in [-0.05, 0) is 44.5 Å². The number of carbonyl (C=O) groups excluding carboxylic acids is 2. The molecule has 30 heavy (non-hydrogen) atoms. The van der Waals surface area contributed by atoms with Crippen LogP contribution in [0.1, 0.15) is 34.7 Å². The van der Waals surface area contributed by atoms with E-state index in [-0.39, 0.29) is 11.8 Å². The van der Waals surface area contributed by atoms with Crippen LogP contribution in [0.5, 0.6) is 5.75 Å². The number of ether oxygens (including phenoxy) is 1. The fourth-order valence-corrected chi connectivity index (χ4v) is 3.79. The third-order valence-electron chi connectivity index (χ3n) is 5.39. The minimum absolute atomic E-state index is 0.0530. The molecule has 2 aromatic heterocycles. The number of rotatable bonds is 5. The van der Waals surface area contributed by atoms with Crippen molar-refractivity contribution in [2.24, 2.45) is 7.05 Å². The van der Waals surface area contributed by atoms with Crippen LogP contribution < -0.4 is 15.0 Å². The highest BCUT2D eigenvalue weighted by molar-refractivity contribution is 6.04. The van der Waals surface area contributed by atoms with Crippen LogP contribution in [0.3, 0.4) is 0 Å². The molecule has 3 aromatic rings. The molecule has 1 fully saturated rings. The molecule has 1 aliphatic rings. The normalized spacial score (nSPS) is 13.7. The van der Waals surface area contributed by atoms with Crippen molar-refractivity contribution >= 4 is 23.2 Å². The number of nitrogens with zero attached hydrogens (tertiary/aromatic N) is 4. The summed E-state index contributed by atoms with van der Waals surface area (Å²) in [5.41, 5.74) is 4.96. The predicted molar refractivity (Wildman–Crippen MR) is 113 cm³/mol. The summed E-state index contributed by atoms with van der Waals surface area (Å²) in [6.45, 7) is 4.51. The van der Waals surface area contributed by atoms with Gasteiger partial charge in [-0.2, -0.15) is 10.2 Å². The molecule has 0 unspecified atom stereocenters. The summed E-state index contributed by atoms with van der Waals surface area (Å²) in [4.78, 5) is 26.6.